The quantitative estimate of drug-likeness (QED) is 0.619. The smallest absolute Gasteiger partial charge is 0.240 e. The van der Waals surface area contributed by atoms with Gasteiger partial charge in [-0.3, -0.25) is 4.90 Å². The van der Waals surface area contributed by atoms with Crippen molar-refractivity contribution in [1.82, 2.24) is 35.0 Å². The summed E-state index contributed by atoms with van der Waals surface area (Å²) < 4.78 is 12.1. The summed E-state index contributed by atoms with van der Waals surface area (Å²) in [6.07, 6.45) is 0. The number of aryl methyl sites for hydroxylation is 2. The van der Waals surface area contributed by atoms with Crippen LogP contribution in [0.25, 0.3) is 5.82 Å². The number of rotatable bonds is 6. The molecule has 28 heavy (non-hydrogen) atoms. The predicted octanol–water partition coefficient (Wildman–Crippen LogP) is 1.13. The highest BCUT2D eigenvalue weighted by atomic mass is 16.5. The Hall–Kier alpha value is -2.85. The zero-order chi connectivity index (χ0) is 19.5. The summed E-state index contributed by atoms with van der Waals surface area (Å²) in [6.45, 7) is 8.51. The van der Waals surface area contributed by atoms with Gasteiger partial charge in [0.2, 0.25) is 5.89 Å². The van der Waals surface area contributed by atoms with Crippen LogP contribution in [0.5, 0.6) is 0 Å². The van der Waals surface area contributed by atoms with Crippen LogP contribution in [0, 0.1) is 13.8 Å². The molecule has 0 atom stereocenters. The summed E-state index contributed by atoms with van der Waals surface area (Å²) >= 11 is 0. The number of methoxy groups -OCH3 is 1. The van der Waals surface area contributed by atoms with E-state index in [1.165, 1.54) is 0 Å². The summed E-state index contributed by atoms with van der Waals surface area (Å²) in [5.41, 5.74) is 2.01. The van der Waals surface area contributed by atoms with Crippen LogP contribution in [-0.4, -0.2) is 68.3 Å². The third-order valence-corrected chi connectivity index (χ3v) is 4.70. The lowest BCUT2D eigenvalue weighted by atomic mass is 10.3. The topological polar surface area (TPSA) is 98.2 Å². The predicted molar refractivity (Wildman–Crippen MR) is 101 cm³/mol. The van der Waals surface area contributed by atoms with E-state index in [0.29, 0.717) is 24.9 Å². The van der Waals surface area contributed by atoms with E-state index in [9.17, 15) is 0 Å². The molecule has 10 heteroatoms. The number of nitrogens with zero attached hydrogens (tertiary/aromatic N) is 8. The molecule has 148 valence electrons. The Morgan fingerprint density at radius 2 is 1.82 bits per heavy atom. The molecule has 3 aromatic heterocycles. The van der Waals surface area contributed by atoms with Crippen LogP contribution in [0.15, 0.2) is 22.7 Å². The van der Waals surface area contributed by atoms with E-state index in [-0.39, 0.29) is 0 Å². The van der Waals surface area contributed by atoms with Crippen LogP contribution in [0.2, 0.25) is 0 Å². The Balaban J connectivity index is 1.33. The van der Waals surface area contributed by atoms with E-state index in [4.69, 9.17) is 9.26 Å². The molecule has 0 saturated carbocycles. The largest absolute Gasteiger partial charge is 0.377 e. The Bertz CT molecular complexity index is 912. The van der Waals surface area contributed by atoms with E-state index in [2.05, 4.69) is 35.2 Å². The zero-order valence-electron chi connectivity index (χ0n) is 16.4. The summed E-state index contributed by atoms with van der Waals surface area (Å²) in [5, 5.41) is 17.1. The molecule has 0 unspecified atom stereocenters. The Labute approximate surface area is 163 Å². The molecular weight excluding hydrogens is 360 g/mol. The summed E-state index contributed by atoms with van der Waals surface area (Å²) in [7, 11) is 1.61. The number of ether oxygens (including phenoxy) is 1. The van der Waals surface area contributed by atoms with Crippen LogP contribution in [0.4, 0.5) is 5.82 Å². The van der Waals surface area contributed by atoms with Crippen molar-refractivity contribution in [3.05, 3.63) is 41.3 Å². The molecule has 0 N–H and O–H groups in total. The minimum atomic E-state index is 0.365. The molecule has 0 spiro atoms. The van der Waals surface area contributed by atoms with Crippen molar-refractivity contribution in [1.29, 1.82) is 0 Å². The first-order chi connectivity index (χ1) is 13.6. The molecule has 3 aromatic rings. The third-order valence-electron chi connectivity index (χ3n) is 4.70. The van der Waals surface area contributed by atoms with Gasteiger partial charge in [0.1, 0.15) is 6.61 Å². The van der Waals surface area contributed by atoms with Crippen molar-refractivity contribution in [3.8, 4) is 5.82 Å². The van der Waals surface area contributed by atoms with Gasteiger partial charge in [0, 0.05) is 39.0 Å². The van der Waals surface area contributed by atoms with Crippen LogP contribution in [-0.2, 0) is 17.9 Å². The Morgan fingerprint density at radius 3 is 2.46 bits per heavy atom. The molecule has 4 heterocycles. The Morgan fingerprint density at radius 1 is 1.07 bits per heavy atom. The normalized spacial score (nSPS) is 15.3. The number of hydrogen-bond donors (Lipinski definition) is 0. The molecule has 0 amide bonds. The molecule has 0 aromatic carbocycles. The van der Waals surface area contributed by atoms with Crippen LogP contribution in [0.3, 0.4) is 0 Å². The highest BCUT2D eigenvalue weighted by Gasteiger charge is 2.20. The monoisotopic (exact) mass is 384 g/mol. The minimum absolute atomic E-state index is 0.365. The lowest BCUT2D eigenvalue weighted by molar-refractivity contribution is 0.174. The lowest BCUT2D eigenvalue weighted by Crippen LogP contribution is -2.46. The second-order valence-electron chi connectivity index (χ2n) is 6.89. The molecule has 0 bridgehead atoms. The molecule has 0 radical (unpaired) electrons. The number of piperazine rings is 1. The first-order valence-corrected chi connectivity index (χ1v) is 9.27. The SMILES string of the molecule is COCc1noc(CN2CCN(c3ccc(-n4nc(C)cc4C)nn3)CC2)n1. The average molecular weight is 384 g/mol. The molecule has 1 fully saturated rings. The highest BCUT2D eigenvalue weighted by Crippen LogP contribution is 2.16. The molecule has 1 aliphatic rings. The lowest BCUT2D eigenvalue weighted by Gasteiger charge is -2.34. The second kappa shape index (κ2) is 8.03. The molecule has 10 nitrogen and oxygen atoms in total. The van der Waals surface area contributed by atoms with E-state index < -0.39 is 0 Å². The van der Waals surface area contributed by atoms with E-state index in [0.717, 1.165) is 49.2 Å². The zero-order valence-corrected chi connectivity index (χ0v) is 16.4. The number of anilines is 1. The van der Waals surface area contributed by atoms with Gasteiger partial charge in [-0.2, -0.15) is 10.1 Å². The molecule has 1 aliphatic heterocycles. The highest BCUT2D eigenvalue weighted by molar-refractivity contribution is 5.40. The van der Waals surface area contributed by atoms with Crippen LogP contribution in [0.1, 0.15) is 23.1 Å². The molecule has 0 aliphatic carbocycles. The average Bonchev–Trinajstić information content (AvgIpc) is 3.28. The van der Waals surface area contributed by atoms with Gasteiger partial charge in [0.15, 0.2) is 17.5 Å². The maximum absolute atomic E-state index is 5.27. The van der Waals surface area contributed by atoms with E-state index in [1.54, 1.807) is 7.11 Å². The maximum Gasteiger partial charge on any atom is 0.240 e. The van der Waals surface area contributed by atoms with Gasteiger partial charge in [0.05, 0.1) is 12.2 Å². The fraction of sp³-hybridized carbons (Fsp3) is 0.500. The summed E-state index contributed by atoms with van der Waals surface area (Å²) in [6, 6.07) is 5.99. The van der Waals surface area contributed by atoms with Gasteiger partial charge >= 0.3 is 0 Å². The first-order valence-electron chi connectivity index (χ1n) is 9.27. The third kappa shape index (κ3) is 4.02. The van der Waals surface area contributed by atoms with Crippen molar-refractivity contribution in [3.63, 3.8) is 0 Å². The van der Waals surface area contributed by atoms with Crippen molar-refractivity contribution >= 4 is 5.82 Å². The molecular formula is C18H24N8O2. The van der Waals surface area contributed by atoms with E-state index in [1.807, 2.05) is 36.7 Å². The van der Waals surface area contributed by atoms with Gasteiger partial charge in [-0.05, 0) is 32.0 Å². The number of aromatic nitrogens is 6. The van der Waals surface area contributed by atoms with Gasteiger partial charge in [-0.1, -0.05) is 5.16 Å². The molecule has 1 saturated heterocycles. The molecule has 4 rings (SSSR count). The van der Waals surface area contributed by atoms with Crippen LogP contribution < -0.4 is 4.90 Å². The van der Waals surface area contributed by atoms with Crippen LogP contribution >= 0.6 is 0 Å². The van der Waals surface area contributed by atoms with Crippen molar-refractivity contribution in [2.24, 2.45) is 0 Å². The fourth-order valence-corrected chi connectivity index (χ4v) is 3.33. The fourth-order valence-electron chi connectivity index (χ4n) is 3.33. The first kappa shape index (κ1) is 18.5. The van der Waals surface area contributed by atoms with Gasteiger partial charge in [0.25, 0.3) is 0 Å². The number of hydrogen-bond acceptors (Lipinski definition) is 9. The van der Waals surface area contributed by atoms with Gasteiger partial charge in [-0.15, -0.1) is 10.2 Å². The summed E-state index contributed by atoms with van der Waals surface area (Å²) in [4.78, 5) is 8.85. The maximum atomic E-state index is 5.27. The van der Waals surface area contributed by atoms with Crippen molar-refractivity contribution < 1.29 is 9.26 Å². The Kier molecular flexibility index (Phi) is 5.31. The van der Waals surface area contributed by atoms with Gasteiger partial charge in [-0.25, -0.2) is 4.68 Å². The van der Waals surface area contributed by atoms with Crippen molar-refractivity contribution in [2.75, 3.05) is 38.2 Å². The van der Waals surface area contributed by atoms with Gasteiger partial charge < -0.3 is 14.2 Å². The summed E-state index contributed by atoms with van der Waals surface area (Å²) in [5.74, 6) is 2.81. The second-order valence-corrected chi connectivity index (χ2v) is 6.89. The minimum Gasteiger partial charge on any atom is -0.377 e. The standard InChI is InChI=1S/C18H24N8O2/c1-13-10-14(2)26(22-13)17-5-4-16(20-21-17)25-8-6-24(7-9-25)11-18-19-15(12-27-3)23-28-18/h4-5,10H,6-9,11-12H2,1-3H3. The van der Waals surface area contributed by atoms with E-state index >= 15 is 0 Å². The van der Waals surface area contributed by atoms with Crippen molar-refractivity contribution in [2.45, 2.75) is 27.0 Å².